The summed E-state index contributed by atoms with van der Waals surface area (Å²) >= 11 is 0. The highest BCUT2D eigenvalue weighted by Gasteiger charge is 2.30. The van der Waals surface area contributed by atoms with Gasteiger partial charge in [-0.1, -0.05) is 12.6 Å². The molecule has 1 aliphatic heterocycles. The van der Waals surface area contributed by atoms with Crippen LogP contribution in [-0.4, -0.2) is 41.3 Å². The van der Waals surface area contributed by atoms with Gasteiger partial charge < -0.3 is 20.3 Å². The summed E-state index contributed by atoms with van der Waals surface area (Å²) in [5.41, 5.74) is 1.22. The van der Waals surface area contributed by atoms with Crippen LogP contribution >= 0.6 is 0 Å². The number of anilines is 4. The van der Waals surface area contributed by atoms with E-state index in [1.54, 1.807) is 24.4 Å². The van der Waals surface area contributed by atoms with Gasteiger partial charge in [-0.05, 0) is 43.5 Å². The fourth-order valence-corrected chi connectivity index (χ4v) is 3.00. The van der Waals surface area contributed by atoms with Crippen molar-refractivity contribution in [3.63, 3.8) is 0 Å². The summed E-state index contributed by atoms with van der Waals surface area (Å²) in [7, 11) is 0. The van der Waals surface area contributed by atoms with Crippen LogP contribution in [0.5, 0.6) is 0 Å². The predicted molar refractivity (Wildman–Crippen MR) is 123 cm³/mol. The fraction of sp³-hybridized carbons (Fsp3) is 0.261. The average molecular weight is 476 g/mol. The van der Waals surface area contributed by atoms with Crippen molar-refractivity contribution in [2.45, 2.75) is 13.1 Å². The number of alkyl halides is 3. The van der Waals surface area contributed by atoms with Gasteiger partial charge in [0, 0.05) is 24.5 Å². The first-order chi connectivity index (χ1) is 16.3. The van der Waals surface area contributed by atoms with Crippen molar-refractivity contribution in [3.05, 3.63) is 78.6 Å². The van der Waals surface area contributed by atoms with E-state index in [4.69, 9.17) is 4.74 Å². The van der Waals surface area contributed by atoms with Gasteiger partial charge in [0.25, 0.3) is 0 Å². The third kappa shape index (κ3) is 7.14. The molecule has 0 aliphatic carbocycles. The third-order valence-corrected chi connectivity index (χ3v) is 4.66. The zero-order valence-electron chi connectivity index (χ0n) is 18.4. The van der Waals surface area contributed by atoms with Gasteiger partial charge in [0.05, 0.1) is 36.9 Å². The normalized spacial score (nSPS) is 13.5. The van der Waals surface area contributed by atoms with Gasteiger partial charge in [0.2, 0.25) is 5.95 Å². The second kappa shape index (κ2) is 11.4. The van der Waals surface area contributed by atoms with Crippen molar-refractivity contribution in [1.82, 2.24) is 15.0 Å². The van der Waals surface area contributed by atoms with E-state index in [2.05, 4.69) is 32.2 Å². The first-order valence-corrected chi connectivity index (χ1v) is 10.4. The Balaban J connectivity index is 0.000000192. The maximum absolute atomic E-state index is 13.5. The lowest BCUT2D eigenvalue weighted by Gasteiger charge is -2.27. The van der Waals surface area contributed by atoms with Crippen LogP contribution in [-0.2, 0) is 10.9 Å². The van der Waals surface area contributed by atoms with Crippen molar-refractivity contribution < 1.29 is 22.3 Å². The number of halogens is 4. The van der Waals surface area contributed by atoms with Gasteiger partial charge in [0.15, 0.2) is 11.6 Å². The van der Waals surface area contributed by atoms with Gasteiger partial charge in [-0.25, -0.2) is 9.37 Å². The number of pyridine rings is 1. The molecule has 180 valence electrons. The molecule has 2 N–H and O–H groups in total. The highest BCUT2D eigenvalue weighted by molar-refractivity contribution is 5.59. The lowest BCUT2D eigenvalue weighted by molar-refractivity contribution is -0.137. The highest BCUT2D eigenvalue weighted by atomic mass is 19.4. The molecule has 0 unspecified atom stereocenters. The van der Waals surface area contributed by atoms with E-state index in [9.17, 15) is 17.6 Å². The maximum Gasteiger partial charge on any atom is 0.416 e. The van der Waals surface area contributed by atoms with Crippen LogP contribution < -0.4 is 15.5 Å². The molecule has 2 aromatic heterocycles. The number of hydrogen-bond acceptors (Lipinski definition) is 7. The minimum Gasteiger partial charge on any atom is -0.378 e. The Morgan fingerprint density at radius 3 is 2.47 bits per heavy atom. The number of aromatic nitrogens is 3. The Bertz CT molecular complexity index is 1090. The number of benzene rings is 1. The maximum atomic E-state index is 13.5. The standard InChI is InChI=1S/C13H11F3N2.C10H13FN4O/c1-9-5-6-12(8-17-9)18-11-4-2-3-10(7-11)13(14,15)16;1-2-12-10-13-7-8(11)9(14-10)15-3-5-16-6-4-15/h2-8,18H,1H3;2,7H,1,3-6H2,(H,12,13,14). The Labute approximate surface area is 194 Å². The number of nitrogens with one attached hydrogen (secondary N) is 2. The molecule has 1 fully saturated rings. The lowest BCUT2D eigenvalue weighted by Crippen LogP contribution is -2.37. The first-order valence-electron chi connectivity index (χ1n) is 10.4. The summed E-state index contributed by atoms with van der Waals surface area (Å²) in [5, 5.41) is 5.61. The molecule has 0 atom stereocenters. The van der Waals surface area contributed by atoms with Crippen LogP contribution in [0.2, 0.25) is 0 Å². The number of ether oxygens (including phenoxy) is 1. The van der Waals surface area contributed by atoms with Crippen molar-refractivity contribution in [2.24, 2.45) is 0 Å². The monoisotopic (exact) mass is 476 g/mol. The molecular formula is C23H24F4N6O. The molecule has 4 rings (SSSR count). The minimum atomic E-state index is -4.33. The van der Waals surface area contributed by atoms with Crippen LogP contribution in [0.3, 0.4) is 0 Å². The van der Waals surface area contributed by atoms with E-state index in [0.717, 1.165) is 24.0 Å². The van der Waals surface area contributed by atoms with E-state index >= 15 is 0 Å². The van der Waals surface area contributed by atoms with Gasteiger partial charge in [-0.3, -0.25) is 4.98 Å². The predicted octanol–water partition coefficient (Wildman–Crippen LogP) is 5.16. The summed E-state index contributed by atoms with van der Waals surface area (Å²) in [6, 6.07) is 8.61. The van der Waals surface area contributed by atoms with Crippen molar-refractivity contribution >= 4 is 23.1 Å². The molecule has 0 bridgehead atoms. The summed E-state index contributed by atoms with van der Waals surface area (Å²) in [6.07, 6.45) is -0.140. The van der Waals surface area contributed by atoms with Crippen LogP contribution in [0.4, 0.5) is 40.7 Å². The molecule has 34 heavy (non-hydrogen) atoms. The van der Waals surface area contributed by atoms with Crippen molar-refractivity contribution in [2.75, 3.05) is 41.8 Å². The molecule has 7 nitrogen and oxygen atoms in total. The topological polar surface area (TPSA) is 75.2 Å². The van der Waals surface area contributed by atoms with Gasteiger partial charge in [-0.15, -0.1) is 0 Å². The van der Waals surface area contributed by atoms with Crippen LogP contribution in [0.15, 0.2) is 61.6 Å². The number of aryl methyl sites for hydroxylation is 1. The molecule has 0 amide bonds. The van der Waals surface area contributed by atoms with E-state index in [-0.39, 0.29) is 0 Å². The summed E-state index contributed by atoms with van der Waals surface area (Å²) in [6.45, 7) is 7.81. The van der Waals surface area contributed by atoms with Crippen LogP contribution in [0, 0.1) is 12.7 Å². The largest absolute Gasteiger partial charge is 0.416 e. The van der Waals surface area contributed by atoms with Gasteiger partial charge in [0.1, 0.15) is 0 Å². The van der Waals surface area contributed by atoms with Gasteiger partial charge in [-0.2, -0.15) is 18.2 Å². The molecule has 1 aromatic carbocycles. The molecule has 1 saturated heterocycles. The Morgan fingerprint density at radius 1 is 1.06 bits per heavy atom. The van der Waals surface area contributed by atoms with E-state index in [1.165, 1.54) is 12.3 Å². The molecule has 3 aromatic rings. The second-order valence-corrected chi connectivity index (χ2v) is 7.20. The Morgan fingerprint density at radius 2 is 1.82 bits per heavy atom. The molecule has 0 spiro atoms. The SMILES string of the molecule is C=CNc1ncc(F)c(N2CCOCC2)n1.Cc1ccc(Nc2cccc(C(F)(F)F)c2)cn1. The summed E-state index contributed by atoms with van der Waals surface area (Å²) < 4.78 is 56.3. The number of hydrogen-bond donors (Lipinski definition) is 2. The molecular weight excluding hydrogens is 452 g/mol. The summed E-state index contributed by atoms with van der Waals surface area (Å²) in [5.74, 6) is 0.233. The molecule has 0 saturated carbocycles. The Kier molecular flexibility index (Phi) is 8.36. The van der Waals surface area contributed by atoms with Gasteiger partial charge >= 0.3 is 6.18 Å². The average Bonchev–Trinajstić information content (AvgIpc) is 2.83. The highest BCUT2D eigenvalue weighted by Crippen LogP contribution is 2.31. The zero-order chi connectivity index (χ0) is 24.6. The molecule has 0 radical (unpaired) electrons. The fourth-order valence-electron chi connectivity index (χ4n) is 3.00. The van der Waals surface area contributed by atoms with Crippen molar-refractivity contribution in [3.8, 4) is 0 Å². The smallest absolute Gasteiger partial charge is 0.378 e. The molecule has 1 aliphatic rings. The minimum absolute atomic E-state index is 0.308. The third-order valence-electron chi connectivity index (χ3n) is 4.66. The van der Waals surface area contributed by atoms with Crippen LogP contribution in [0.1, 0.15) is 11.3 Å². The quantitative estimate of drug-likeness (QED) is 0.493. The van der Waals surface area contributed by atoms with E-state index < -0.39 is 17.6 Å². The Hall–Kier alpha value is -3.73. The molecule has 3 heterocycles. The van der Waals surface area contributed by atoms with E-state index in [1.807, 2.05) is 11.8 Å². The van der Waals surface area contributed by atoms with E-state index in [0.29, 0.717) is 49.4 Å². The second-order valence-electron chi connectivity index (χ2n) is 7.20. The number of morpholine rings is 1. The lowest BCUT2D eigenvalue weighted by atomic mass is 10.2. The number of nitrogens with zero attached hydrogens (tertiary/aromatic N) is 4. The first kappa shape index (κ1) is 24.9. The summed E-state index contributed by atoms with van der Waals surface area (Å²) in [4.78, 5) is 13.8. The zero-order valence-corrected chi connectivity index (χ0v) is 18.4. The number of rotatable bonds is 5. The van der Waals surface area contributed by atoms with Crippen LogP contribution in [0.25, 0.3) is 0 Å². The van der Waals surface area contributed by atoms with Crippen molar-refractivity contribution in [1.29, 1.82) is 0 Å². The molecule has 11 heteroatoms.